The van der Waals surface area contributed by atoms with E-state index in [0.29, 0.717) is 0 Å². The predicted molar refractivity (Wildman–Crippen MR) is 108 cm³/mol. The third-order valence-corrected chi connectivity index (χ3v) is 5.21. The number of carbonyl (C=O) groups excluding carboxylic acids is 1. The van der Waals surface area contributed by atoms with E-state index in [1.165, 1.54) is 0 Å². The van der Waals surface area contributed by atoms with Crippen molar-refractivity contribution in [3.8, 4) is 0 Å². The Morgan fingerprint density at radius 1 is 1.42 bits per heavy atom. The summed E-state index contributed by atoms with van der Waals surface area (Å²) >= 11 is 0. The molecule has 2 amide bonds. The lowest BCUT2D eigenvalue weighted by Gasteiger charge is -2.36. The molecule has 0 spiro atoms. The number of amides is 2. The second-order valence-electron chi connectivity index (χ2n) is 6.87. The van der Waals surface area contributed by atoms with E-state index in [9.17, 15) is 9.90 Å². The third-order valence-electron chi connectivity index (χ3n) is 5.21. The number of rotatable bonds is 6. The van der Waals surface area contributed by atoms with Crippen molar-refractivity contribution < 1.29 is 9.90 Å². The molecule has 1 aromatic carbocycles. The molecule has 0 aliphatic carbocycles. The SMILES string of the molecule is C=Cc1ccccc1/C(=C\C)C(CO)NC(=O)N(C)C1CCN(C)CC1. The lowest BCUT2D eigenvalue weighted by atomic mass is 9.94. The molecular formula is C21H31N3O2. The van der Waals surface area contributed by atoms with Crippen LogP contribution < -0.4 is 5.32 Å². The van der Waals surface area contributed by atoms with Crippen LogP contribution in [0.15, 0.2) is 36.9 Å². The van der Waals surface area contributed by atoms with Crippen LogP contribution in [0.5, 0.6) is 0 Å². The van der Waals surface area contributed by atoms with Gasteiger partial charge in [-0.05, 0) is 56.6 Å². The minimum absolute atomic E-state index is 0.144. The van der Waals surface area contributed by atoms with E-state index >= 15 is 0 Å². The number of hydrogen-bond donors (Lipinski definition) is 2. The normalized spacial score (nSPS) is 17.6. The first kappa shape index (κ1) is 20.2. The Bertz CT molecular complexity index is 648. The summed E-state index contributed by atoms with van der Waals surface area (Å²) in [7, 11) is 3.94. The summed E-state index contributed by atoms with van der Waals surface area (Å²) < 4.78 is 0. The molecule has 0 saturated carbocycles. The van der Waals surface area contributed by atoms with Crippen molar-refractivity contribution in [3.05, 3.63) is 48.0 Å². The Labute approximate surface area is 157 Å². The highest BCUT2D eigenvalue weighted by molar-refractivity contribution is 5.82. The highest BCUT2D eigenvalue weighted by Gasteiger charge is 2.26. The van der Waals surface area contributed by atoms with Crippen LogP contribution in [0.2, 0.25) is 0 Å². The van der Waals surface area contributed by atoms with Crippen LogP contribution in [0.4, 0.5) is 4.79 Å². The van der Waals surface area contributed by atoms with Crippen molar-refractivity contribution in [2.45, 2.75) is 31.8 Å². The fraction of sp³-hybridized carbons (Fsp3) is 0.476. The summed E-state index contributed by atoms with van der Waals surface area (Å²) in [6, 6.07) is 7.51. The van der Waals surface area contributed by atoms with Gasteiger partial charge >= 0.3 is 6.03 Å². The molecule has 5 nitrogen and oxygen atoms in total. The zero-order chi connectivity index (χ0) is 19.1. The van der Waals surface area contributed by atoms with Gasteiger partial charge in [-0.3, -0.25) is 0 Å². The number of nitrogens with zero attached hydrogens (tertiary/aromatic N) is 2. The molecule has 1 atom stereocenters. The number of aliphatic hydroxyl groups excluding tert-OH is 1. The summed E-state index contributed by atoms with van der Waals surface area (Å²) in [5.74, 6) is 0. The molecule has 2 N–H and O–H groups in total. The number of aliphatic hydroxyl groups is 1. The molecule has 1 unspecified atom stereocenters. The van der Waals surface area contributed by atoms with Crippen LogP contribution in [-0.2, 0) is 0 Å². The van der Waals surface area contributed by atoms with Gasteiger partial charge in [-0.2, -0.15) is 0 Å². The molecular weight excluding hydrogens is 326 g/mol. The van der Waals surface area contributed by atoms with Crippen LogP contribution in [0, 0.1) is 0 Å². The van der Waals surface area contributed by atoms with Gasteiger partial charge in [0.1, 0.15) is 0 Å². The zero-order valence-corrected chi connectivity index (χ0v) is 16.1. The Morgan fingerprint density at radius 2 is 2.08 bits per heavy atom. The Balaban J connectivity index is 2.11. The number of piperidine rings is 1. The minimum atomic E-state index is -0.456. The van der Waals surface area contributed by atoms with Crippen molar-refractivity contribution in [3.63, 3.8) is 0 Å². The molecule has 1 aliphatic heterocycles. The maximum absolute atomic E-state index is 12.7. The summed E-state index contributed by atoms with van der Waals surface area (Å²) in [4.78, 5) is 16.8. The third kappa shape index (κ3) is 4.74. The van der Waals surface area contributed by atoms with Crippen molar-refractivity contribution >= 4 is 17.7 Å². The van der Waals surface area contributed by atoms with Crippen LogP contribution >= 0.6 is 0 Å². The average molecular weight is 357 g/mol. The quantitative estimate of drug-likeness (QED) is 0.823. The van der Waals surface area contributed by atoms with Crippen LogP contribution in [0.1, 0.15) is 30.9 Å². The van der Waals surface area contributed by atoms with Gasteiger partial charge in [0.25, 0.3) is 0 Å². The molecule has 142 valence electrons. The van der Waals surface area contributed by atoms with E-state index in [0.717, 1.165) is 42.6 Å². The van der Waals surface area contributed by atoms with Crippen LogP contribution in [-0.4, -0.2) is 66.8 Å². The van der Waals surface area contributed by atoms with Crippen molar-refractivity contribution in [2.75, 3.05) is 33.8 Å². The topological polar surface area (TPSA) is 55.8 Å². The Hall–Kier alpha value is -2.11. The molecule has 5 heteroatoms. The minimum Gasteiger partial charge on any atom is -0.394 e. The first-order chi connectivity index (χ1) is 12.5. The van der Waals surface area contributed by atoms with E-state index in [-0.39, 0.29) is 18.7 Å². The largest absolute Gasteiger partial charge is 0.394 e. The predicted octanol–water partition coefficient (Wildman–Crippen LogP) is 2.83. The molecule has 26 heavy (non-hydrogen) atoms. The first-order valence-electron chi connectivity index (χ1n) is 9.22. The summed E-state index contributed by atoms with van der Waals surface area (Å²) in [5, 5.41) is 12.9. The fourth-order valence-electron chi connectivity index (χ4n) is 3.50. The highest BCUT2D eigenvalue weighted by Crippen LogP contribution is 2.24. The van der Waals surface area contributed by atoms with Crippen molar-refractivity contribution in [1.29, 1.82) is 0 Å². The standard InChI is InChI=1S/C21H31N3O2/c1-5-16-9-7-8-10-19(16)18(6-2)20(15-25)22-21(26)24(4)17-11-13-23(3)14-12-17/h5-10,17,20,25H,1,11-15H2,2-4H3,(H,22,26)/b18-6+. The maximum Gasteiger partial charge on any atom is 0.317 e. The number of benzene rings is 1. The highest BCUT2D eigenvalue weighted by atomic mass is 16.3. The monoisotopic (exact) mass is 357 g/mol. The Kier molecular flexibility index (Phi) is 7.42. The molecule has 0 aromatic heterocycles. The summed E-state index contributed by atoms with van der Waals surface area (Å²) in [6.45, 7) is 7.62. The van der Waals surface area contributed by atoms with E-state index in [1.54, 1.807) is 11.0 Å². The number of hydrogen-bond acceptors (Lipinski definition) is 3. The molecule has 1 aromatic rings. The van der Waals surface area contributed by atoms with Crippen LogP contribution in [0.3, 0.4) is 0 Å². The lowest BCUT2D eigenvalue weighted by Crippen LogP contribution is -2.51. The van der Waals surface area contributed by atoms with Gasteiger partial charge in [-0.15, -0.1) is 0 Å². The smallest absolute Gasteiger partial charge is 0.317 e. The van der Waals surface area contributed by atoms with Gasteiger partial charge in [-0.25, -0.2) is 4.79 Å². The molecule has 1 heterocycles. The number of urea groups is 1. The van der Waals surface area contributed by atoms with Crippen molar-refractivity contribution in [2.24, 2.45) is 0 Å². The van der Waals surface area contributed by atoms with Gasteiger partial charge < -0.3 is 20.2 Å². The number of carbonyl (C=O) groups is 1. The van der Waals surface area contributed by atoms with Crippen molar-refractivity contribution in [1.82, 2.24) is 15.1 Å². The number of likely N-dealkylation sites (tertiary alicyclic amines) is 1. The first-order valence-corrected chi connectivity index (χ1v) is 9.22. The molecule has 0 radical (unpaired) electrons. The molecule has 1 aliphatic rings. The van der Waals surface area contributed by atoms with Gasteiger partial charge in [0.2, 0.25) is 0 Å². The zero-order valence-electron chi connectivity index (χ0n) is 16.1. The van der Waals surface area contributed by atoms with Gasteiger partial charge in [0.05, 0.1) is 12.6 Å². The lowest BCUT2D eigenvalue weighted by molar-refractivity contribution is 0.144. The Morgan fingerprint density at radius 3 is 2.65 bits per heavy atom. The second-order valence-corrected chi connectivity index (χ2v) is 6.87. The summed E-state index contributed by atoms with van der Waals surface area (Å²) in [5.41, 5.74) is 2.86. The van der Waals surface area contributed by atoms with Gasteiger partial charge in [-0.1, -0.05) is 43.0 Å². The number of nitrogens with one attached hydrogen (secondary N) is 1. The van der Waals surface area contributed by atoms with Gasteiger partial charge in [0.15, 0.2) is 0 Å². The average Bonchev–Trinajstić information content (AvgIpc) is 2.67. The molecule has 1 fully saturated rings. The molecule has 0 bridgehead atoms. The van der Waals surface area contributed by atoms with E-state index in [1.807, 2.05) is 44.3 Å². The maximum atomic E-state index is 12.7. The van der Waals surface area contributed by atoms with E-state index < -0.39 is 6.04 Å². The summed E-state index contributed by atoms with van der Waals surface area (Å²) in [6.07, 6.45) is 5.68. The fourth-order valence-corrected chi connectivity index (χ4v) is 3.50. The van der Waals surface area contributed by atoms with E-state index in [4.69, 9.17) is 0 Å². The number of allylic oxidation sites excluding steroid dienone is 1. The van der Waals surface area contributed by atoms with E-state index in [2.05, 4.69) is 23.8 Å². The molecule has 2 rings (SSSR count). The second kappa shape index (κ2) is 9.55. The molecule has 1 saturated heterocycles. The van der Waals surface area contributed by atoms with Gasteiger partial charge in [0, 0.05) is 13.1 Å². The van der Waals surface area contributed by atoms with Crippen LogP contribution in [0.25, 0.3) is 11.6 Å².